The maximum Gasteiger partial charge on any atom is 0.106 e. The van der Waals surface area contributed by atoms with Gasteiger partial charge in [0.05, 0.1) is 11.7 Å². The molecule has 0 saturated heterocycles. The van der Waals surface area contributed by atoms with Gasteiger partial charge in [-0.3, -0.25) is 0 Å². The largest absolute Gasteiger partial charge is 0.329 e. The lowest BCUT2D eigenvalue weighted by atomic mass is 10.2. The van der Waals surface area contributed by atoms with Crippen LogP contribution in [0.15, 0.2) is 22.8 Å². The van der Waals surface area contributed by atoms with Gasteiger partial charge in [0.15, 0.2) is 0 Å². The first-order valence-electron chi connectivity index (χ1n) is 3.32. The molecule has 0 unspecified atom stereocenters. The standard InChI is InChI=1S/C7H10BrN3.ClH/c8-7-3-1-2-6(11-7)5(10)4-9;/h1-3,5H,4,9-10H2;1H/t5-;/m1./s1. The molecule has 0 spiro atoms. The van der Waals surface area contributed by atoms with Crippen molar-refractivity contribution < 1.29 is 0 Å². The number of nitrogens with two attached hydrogens (primary N) is 2. The predicted octanol–water partition coefficient (Wildman–Crippen LogP) is 1.22. The monoisotopic (exact) mass is 251 g/mol. The van der Waals surface area contributed by atoms with Crippen LogP contribution in [0.25, 0.3) is 0 Å². The van der Waals surface area contributed by atoms with Gasteiger partial charge in [0.2, 0.25) is 0 Å². The highest BCUT2D eigenvalue weighted by Gasteiger charge is 2.03. The molecule has 68 valence electrons. The molecule has 3 nitrogen and oxygen atoms in total. The molecule has 5 heteroatoms. The lowest BCUT2D eigenvalue weighted by Gasteiger charge is -2.06. The molecule has 0 bridgehead atoms. The van der Waals surface area contributed by atoms with Crippen molar-refractivity contribution in [3.8, 4) is 0 Å². The van der Waals surface area contributed by atoms with E-state index in [2.05, 4.69) is 20.9 Å². The fourth-order valence-electron chi connectivity index (χ4n) is 0.751. The van der Waals surface area contributed by atoms with Crippen LogP contribution in [-0.2, 0) is 0 Å². The smallest absolute Gasteiger partial charge is 0.106 e. The minimum Gasteiger partial charge on any atom is -0.329 e. The maximum atomic E-state index is 5.65. The molecule has 1 heterocycles. The van der Waals surface area contributed by atoms with Crippen LogP contribution in [0.1, 0.15) is 11.7 Å². The van der Waals surface area contributed by atoms with Gasteiger partial charge >= 0.3 is 0 Å². The molecular formula is C7H11BrClN3. The Morgan fingerprint density at radius 3 is 2.67 bits per heavy atom. The first kappa shape index (κ1) is 11.8. The predicted molar refractivity (Wildman–Crippen MR) is 55.2 cm³/mol. The van der Waals surface area contributed by atoms with Gasteiger partial charge in [0.1, 0.15) is 4.60 Å². The van der Waals surface area contributed by atoms with Crippen LogP contribution in [0.5, 0.6) is 0 Å². The van der Waals surface area contributed by atoms with Crippen LogP contribution in [0.3, 0.4) is 0 Å². The average molecular weight is 253 g/mol. The summed E-state index contributed by atoms with van der Waals surface area (Å²) in [5.41, 5.74) is 11.8. The Kier molecular flexibility index (Phi) is 5.41. The van der Waals surface area contributed by atoms with Gasteiger partial charge in [0.25, 0.3) is 0 Å². The molecule has 0 aromatic carbocycles. The van der Waals surface area contributed by atoms with E-state index >= 15 is 0 Å². The van der Waals surface area contributed by atoms with Gasteiger partial charge < -0.3 is 11.5 Å². The van der Waals surface area contributed by atoms with Crippen LogP contribution in [0.2, 0.25) is 0 Å². The van der Waals surface area contributed by atoms with E-state index < -0.39 is 0 Å². The summed E-state index contributed by atoms with van der Waals surface area (Å²) < 4.78 is 0.791. The topological polar surface area (TPSA) is 64.9 Å². The summed E-state index contributed by atoms with van der Waals surface area (Å²) in [5, 5.41) is 0. The third-order valence-corrected chi connectivity index (χ3v) is 1.81. The first-order valence-corrected chi connectivity index (χ1v) is 4.11. The maximum absolute atomic E-state index is 5.65. The fourth-order valence-corrected chi connectivity index (χ4v) is 1.11. The van der Waals surface area contributed by atoms with Crippen molar-refractivity contribution in [2.75, 3.05) is 6.54 Å². The third-order valence-electron chi connectivity index (χ3n) is 1.37. The van der Waals surface area contributed by atoms with Gasteiger partial charge in [-0.05, 0) is 28.1 Å². The van der Waals surface area contributed by atoms with Crippen LogP contribution in [0, 0.1) is 0 Å². The fraction of sp³-hybridized carbons (Fsp3) is 0.286. The molecule has 0 saturated carbocycles. The zero-order valence-electron chi connectivity index (χ0n) is 6.40. The summed E-state index contributed by atoms with van der Waals surface area (Å²) in [6.07, 6.45) is 0. The highest BCUT2D eigenvalue weighted by Crippen LogP contribution is 2.10. The lowest BCUT2D eigenvalue weighted by molar-refractivity contribution is 0.709. The second-order valence-electron chi connectivity index (χ2n) is 2.23. The Morgan fingerprint density at radius 1 is 1.50 bits per heavy atom. The molecule has 1 aromatic heterocycles. The van der Waals surface area contributed by atoms with E-state index in [9.17, 15) is 0 Å². The van der Waals surface area contributed by atoms with Gasteiger partial charge in [-0.1, -0.05) is 6.07 Å². The normalized spacial score (nSPS) is 11.9. The summed E-state index contributed by atoms with van der Waals surface area (Å²) in [4.78, 5) is 4.16. The van der Waals surface area contributed by atoms with E-state index in [0.717, 1.165) is 10.3 Å². The molecule has 12 heavy (non-hydrogen) atoms. The summed E-state index contributed by atoms with van der Waals surface area (Å²) in [5.74, 6) is 0. The second kappa shape index (κ2) is 5.48. The van der Waals surface area contributed by atoms with Crippen molar-refractivity contribution in [1.82, 2.24) is 4.98 Å². The zero-order valence-corrected chi connectivity index (χ0v) is 8.81. The van der Waals surface area contributed by atoms with E-state index in [1.165, 1.54) is 0 Å². The molecule has 0 fully saturated rings. The molecule has 0 amide bonds. The molecule has 1 aromatic rings. The van der Waals surface area contributed by atoms with E-state index in [0.29, 0.717) is 6.54 Å². The van der Waals surface area contributed by atoms with Crippen molar-refractivity contribution >= 4 is 28.3 Å². The summed E-state index contributed by atoms with van der Waals surface area (Å²) in [6, 6.07) is 5.45. The van der Waals surface area contributed by atoms with E-state index in [1.807, 2.05) is 18.2 Å². The number of hydrogen-bond donors (Lipinski definition) is 2. The summed E-state index contributed by atoms with van der Waals surface area (Å²) in [7, 11) is 0. The average Bonchev–Trinajstić information content (AvgIpc) is 2.03. The van der Waals surface area contributed by atoms with Crippen molar-refractivity contribution in [2.45, 2.75) is 6.04 Å². The minimum atomic E-state index is -0.160. The van der Waals surface area contributed by atoms with Gasteiger partial charge in [-0.25, -0.2) is 4.98 Å². The molecule has 0 radical (unpaired) electrons. The molecule has 0 aliphatic carbocycles. The Morgan fingerprint density at radius 2 is 2.17 bits per heavy atom. The minimum absolute atomic E-state index is 0. The number of pyridine rings is 1. The molecule has 4 N–H and O–H groups in total. The van der Waals surface area contributed by atoms with Crippen LogP contribution < -0.4 is 11.5 Å². The number of hydrogen-bond acceptors (Lipinski definition) is 3. The zero-order chi connectivity index (χ0) is 8.27. The Labute approximate surface area is 86.1 Å². The number of halogens is 2. The molecular weight excluding hydrogens is 241 g/mol. The highest BCUT2D eigenvalue weighted by atomic mass is 79.9. The van der Waals surface area contributed by atoms with E-state index in [1.54, 1.807) is 0 Å². The summed E-state index contributed by atoms with van der Waals surface area (Å²) >= 11 is 3.25. The van der Waals surface area contributed by atoms with Crippen LogP contribution in [-0.4, -0.2) is 11.5 Å². The van der Waals surface area contributed by atoms with Crippen LogP contribution >= 0.6 is 28.3 Å². The highest BCUT2D eigenvalue weighted by molar-refractivity contribution is 9.10. The quantitative estimate of drug-likeness (QED) is 0.778. The van der Waals surface area contributed by atoms with Crippen molar-refractivity contribution in [2.24, 2.45) is 11.5 Å². The molecule has 1 atom stereocenters. The van der Waals surface area contributed by atoms with Crippen molar-refractivity contribution in [1.29, 1.82) is 0 Å². The number of aromatic nitrogens is 1. The van der Waals surface area contributed by atoms with E-state index in [-0.39, 0.29) is 18.4 Å². The van der Waals surface area contributed by atoms with Crippen molar-refractivity contribution in [3.05, 3.63) is 28.5 Å². The second-order valence-corrected chi connectivity index (χ2v) is 3.04. The Balaban J connectivity index is 0.00000121. The molecule has 0 aliphatic heterocycles. The number of rotatable bonds is 2. The SMILES string of the molecule is Cl.NC[C@@H](N)c1cccc(Br)n1. The summed E-state index contributed by atoms with van der Waals surface area (Å²) in [6.45, 7) is 0.420. The van der Waals surface area contributed by atoms with Gasteiger partial charge in [-0.2, -0.15) is 0 Å². The molecule has 1 rings (SSSR count). The van der Waals surface area contributed by atoms with Gasteiger partial charge in [-0.15, -0.1) is 12.4 Å². The number of nitrogens with zero attached hydrogens (tertiary/aromatic N) is 1. The third kappa shape index (κ3) is 3.06. The van der Waals surface area contributed by atoms with Crippen LogP contribution in [0.4, 0.5) is 0 Å². The Bertz CT molecular complexity index is 244. The Hall–Kier alpha value is -0.160. The first-order chi connectivity index (χ1) is 5.24. The van der Waals surface area contributed by atoms with Crippen molar-refractivity contribution in [3.63, 3.8) is 0 Å². The molecule has 0 aliphatic rings. The lowest BCUT2D eigenvalue weighted by Crippen LogP contribution is -2.21. The van der Waals surface area contributed by atoms with Gasteiger partial charge in [0, 0.05) is 6.54 Å². The van der Waals surface area contributed by atoms with E-state index in [4.69, 9.17) is 11.5 Å².